The van der Waals surface area contributed by atoms with E-state index < -0.39 is 20.8 Å². The molecule has 2 unspecified atom stereocenters. The van der Waals surface area contributed by atoms with Gasteiger partial charge in [0.15, 0.2) is 0 Å². The fourth-order valence-electron chi connectivity index (χ4n) is 9.13. The van der Waals surface area contributed by atoms with Gasteiger partial charge < -0.3 is 0 Å². The molecular formula is C54H68Cl2SiZr. The molecular weight excluding hydrogens is 839 g/mol. The average molecular weight is 907 g/mol. The van der Waals surface area contributed by atoms with Gasteiger partial charge in [0.1, 0.15) is 0 Å². The quantitative estimate of drug-likeness (QED) is 0.0848. The van der Waals surface area contributed by atoms with Crippen LogP contribution in [-0.4, -0.2) is 9.52 Å². The van der Waals surface area contributed by atoms with Gasteiger partial charge in [-0.3, -0.25) is 0 Å². The topological polar surface area (TPSA) is 0 Å². The van der Waals surface area contributed by atoms with Gasteiger partial charge in [0.2, 0.25) is 0 Å². The maximum atomic E-state index is 4.93. The van der Waals surface area contributed by atoms with Crippen molar-refractivity contribution < 1.29 is 20.8 Å². The number of hydrogen-bond donors (Lipinski definition) is 0. The van der Waals surface area contributed by atoms with Gasteiger partial charge in [-0.25, -0.2) is 0 Å². The second-order valence-corrected chi connectivity index (χ2v) is 22.0. The van der Waals surface area contributed by atoms with E-state index in [2.05, 4.69) is 150 Å². The van der Waals surface area contributed by atoms with Crippen LogP contribution < -0.4 is 0 Å². The number of halogens is 2. The zero-order valence-corrected chi connectivity index (χ0v) is 41.3. The average Bonchev–Trinajstić information content (AvgIpc) is 4.10. The molecule has 4 heteroatoms. The normalized spacial score (nSPS) is 15.2. The van der Waals surface area contributed by atoms with Crippen LogP contribution in [0.2, 0.25) is 12.6 Å². The zero-order valence-electron chi connectivity index (χ0n) is 36.4. The van der Waals surface area contributed by atoms with Crippen LogP contribution in [0.4, 0.5) is 0 Å². The van der Waals surface area contributed by atoms with Gasteiger partial charge in [0, 0.05) is 9.52 Å². The number of rotatable bonds is 12. The minimum absolute atomic E-state index is 0.641. The molecule has 0 spiro atoms. The molecule has 0 nitrogen and oxygen atoms in total. The van der Waals surface area contributed by atoms with Crippen LogP contribution >= 0.6 is 17.0 Å². The molecule has 58 heavy (non-hydrogen) atoms. The Balaban J connectivity index is 0.000000187. The second-order valence-electron chi connectivity index (χ2n) is 17.1. The van der Waals surface area contributed by atoms with Gasteiger partial charge in [-0.15, -0.1) is 69.1 Å². The molecule has 306 valence electrons. The van der Waals surface area contributed by atoms with Gasteiger partial charge in [-0.1, -0.05) is 177 Å². The van der Waals surface area contributed by atoms with Crippen LogP contribution in [-0.2, 0) is 33.7 Å². The van der Waals surface area contributed by atoms with Gasteiger partial charge in [-0.2, -0.15) is 12.1 Å². The Labute approximate surface area is 374 Å². The zero-order chi connectivity index (χ0) is 41.3. The molecule has 6 aromatic rings. The number of hydrogen-bond acceptors (Lipinski definition) is 0. The summed E-state index contributed by atoms with van der Waals surface area (Å²) in [5, 5.41) is 5.64. The van der Waals surface area contributed by atoms with Crippen molar-refractivity contribution in [2.24, 2.45) is 11.8 Å². The molecule has 0 aliphatic heterocycles. The standard InChI is InChI=1S/2C25H29.C4H10Si.2ClH.Zr/c2*1-3-18(2)21-11-13-22(14-12-21)24-10-6-9-23-16-20(17-25(23)24)15-19-7-4-5-8-19;1-3-4-5-2;;;/h2*6,9-14,16-19H,3-5,7-8,15H2,1-2H3;3-4H2,1-2H3;2*1H;/q2*-1;;;;+4/p-2. The van der Waals surface area contributed by atoms with Gasteiger partial charge in [0.05, 0.1) is 0 Å². The molecule has 2 fully saturated rings. The van der Waals surface area contributed by atoms with Crippen LogP contribution in [0.5, 0.6) is 0 Å². The molecule has 2 aliphatic carbocycles. The number of fused-ring (bicyclic) bond motifs is 2. The predicted octanol–water partition coefficient (Wildman–Crippen LogP) is 17.9. The Morgan fingerprint density at radius 3 is 1.29 bits per heavy atom. The second kappa shape index (κ2) is 24.9. The third-order valence-corrected chi connectivity index (χ3v) is 13.9. The summed E-state index contributed by atoms with van der Waals surface area (Å²) in [6.07, 6.45) is 17.7. The molecule has 2 aliphatic rings. The maximum absolute atomic E-state index is 4.93. The Bertz CT molecular complexity index is 1900. The number of benzene rings is 4. The first-order valence-electron chi connectivity index (χ1n) is 22.5. The van der Waals surface area contributed by atoms with Crippen molar-refractivity contribution in [3.05, 3.63) is 131 Å². The van der Waals surface area contributed by atoms with E-state index in [0.717, 1.165) is 21.4 Å². The van der Waals surface area contributed by atoms with Crippen molar-refractivity contribution in [3.63, 3.8) is 0 Å². The minimum atomic E-state index is -0.826. The molecule has 0 bridgehead atoms. The fraction of sp³-hybridized carbons (Fsp3) is 0.444. The summed E-state index contributed by atoms with van der Waals surface area (Å²) in [4.78, 5) is 0. The molecule has 0 heterocycles. The van der Waals surface area contributed by atoms with Crippen molar-refractivity contribution >= 4 is 48.1 Å². The summed E-state index contributed by atoms with van der Waals surface area (Å²) in [7, 11) is 11.0. The summed E-state index contributed by atoms with van der Waals surface area (Å²) in [6.45, 7) is 13.6. The Morgan fingerprint density at radius 1 is 0.603 bits per heavy atom. The Morgan fingerprint density at radius 2 is 0.983 bits per heavy atom. The van der Waals surface area contributed by atoms with Crippen molar-refractivity contribution in [1.82, 2.24) is 0 Å². The summed E-state index contributed by atoms with van der Waals surface area (Å²) in [5.41, 5.74) is 11.4. The van der Waals surface area contributed by atoms with E-state index in [0.29, 0.717) is 11.8 Å². The van der Waals surface area contributed by atoms with Crippen molar-refractivity contribution in [3.8, 4) is 22.3 Å². The molecule has 8 rings (SSSR count). The monoisotopic (exact) mass is 904 g/mol. The van der Waals surface area contributed by atoms with E-state index in [4.69, 9.17) is 17.0 Å². The van der Waals surface area contributed by atoms with Gasteiger partial charge in [0.25, 0.3) is 0 Å². The molecule has 0 amide bonds. The van der Waals surface area contributed by atoms with Crippen LogP contribution in [0.25, 0.3) is 43.8 Å². The van der Waals surface area contributed by atoms with E-state index in [-0.39, 0.29) is 0 Å². The van der Waals surface area contributed by atoms with Crippen LogP contribution in [0, 0.1) is 11.8 Å². The summed E-state index contributed by atoms with van der Waals surface area (Å²) in [6, 6.07) is 43.1. The van der Waals surface area contributed by atoms with E-state index in [1.54, 1.807) is 0 Å². The van der Waals surface area contributed by atoms with Crippen LogP contribution in [0.3, 0.4) is 0 Å². The summed E-state index contributed by atoms with van der Waals surface area (Å²) >= 11 is -0.826. The van der Waals surface area contributed by atoms with Crippen molar-refractivity contribution in [2.75, 3.05) is 0 Å². The molecule has 0 aromatic heterocycles. The third-order valence-electron chi connectivity index (χ3n) is 12.9. The summed E-state index contributed by atoms with van der Waals surface area (Å²) < 4.78 is 0. The van der Waals surface area contributed by atoms with E-state index in [9.17, 15) is 0 Å². The molecule has 6 aromatic carbocycles. The SMILES string of the molecule is CCC(C)c1ccc(-c2cccc3[cH-]c(CC4CCCC4)cc23)cc1.CCC(C)c1ccc(-c2cccc3[cH-]c(CC4CCCC4)cc23)cc1.CCC[Si]C.[Cl][Zr+2][Cl]. The van der Waals surface area contributed by atoms with Crippen LogP contribution in [0.15, 0.2) is 109 Å². The van der Waals surface area contributed by atoms with Crippen molar-refractivity contribution in [1.29, 1.82) is 0 Å². The molecule has 2 radical (unpaired) electrons. The third kappa shape index (κ3) is 13.4. The molecule has 0 N–H and O–H groups in total. The van der Waals surface area contributed by atoms with Crippen LogP contribution in [0.1, 0.15) is 139 Å². The molecule has 2 saturated carbocycles. The van der Waals surface area contributed by atoms with E-state index in [1.165, 1.54) is 156 Å². The van der Waals surface area contributed by atoms with Crippen molar-refractivity contribution in [2.45, 2.75) is 143 Å². The predicted molar refractivity (Wildman–Crippen MR) is 257 cm³/mol. The fourth-order valence-corrected chi connectivity index (χ4v) is 9.63. The van der Waals surface area contributed by atoms with E-state index in [1.807, 2.05) is 0 Å². The first-order chi connectivity index (χ1) is 28.3. The van der Waals surface area contributed by atoms with Gasteiger partial charge in [-0.05, 0) is 71.6 Å². The van der Waals surface area contributed by atoms with E-state index >= 15 is 0 Å². The Kier molecular flexibility index (Phi) is 20.1. The molecule has 2 atom stereocenters. The molecule has 0 saturated heterocycles. The summed E-state index contributed by atoms with van der Waals surface area (Å²) in [5.74, 6) is 3.11. The Hall–Kier alpha value is -2.22. The first-order valence-corrected chi connectivity index (χ1v) is 30.5. The van der Waals surface area contributed by atoms with Gasteiger partial charge >= 0.3 is 37.9 Å². The first kappa shape index (κ1) is 46.8.